The molecule has 4 N–H and O–H groups in total. The lowest BCUT2D eigenvalue weighted by Gasteiger charge is -2.20. The maximum absolute atomic E-state index is 11.3. The molecule has 150 valence electrons. The van der Waals surface area contributed by atoms with Gasteiger partial charge in [-0.05, 0) is 63.7 Å². The molecule has 6 heteroatoms. The number of fused-ring (bicyclic) bond motifs is 1. The maximum Gasteiger partial charge on any atom is 0.335 e. The van der Waals surface area contributed by atoms with Crippen molar-refractivity contribution < 1.29 is 9.90 Å². The first-order valence-corrected chi connectivity index (χ1v) is 10.5. The van der Waals surface area contributed by atoms with Crippen LogP contribution in [0.1, 0.15) is 41.3 Å². The summed E-state index contributed by atoms with van der Waals surface area (Å²) in [6.07, 6.45) is 1.26. The van der Waals surface area contributed by atoms with E-state index in [0.717, 1.165) is 38.9 Å². The monoisotopic (exact) mass is 415 g/mol. The van der Waals surface area contributed by atoms with Crippen LogP contribution < -0.4 is 5.73 Å². The molecule has 5 nitrogen and oxygen atoms in total. The number of anilines is 1. The minimum atomic E-state index is -0.956. The van der Waals surface area contributed by atoms with Crippen LogP contribution in [-0.2, 0) is 0 Å². The summed E-state index contributed by atoms with van der Waals surface area (Å²) in [6.45, 7) is 4.26. The van der Waals surface area contributed by atoms with Crippen LogP contribution >= 0.6 is 11.3 Å². The van der Waals surface area contributed by atoms with Gasteiger partial charge < -0.3 is 16.2 Å². The summed E-state index contributed by atoms with van der Waals surface area (Å²) in [5.74, 6) is -0.782. The van der Waals surface area contributed by atoms with Gasteiger partial charge in [0.15, 0.2) is 0 Å². The van der Waals surface area contributed by atoms with Gasteiger partial charge in [-0.25, -0.2) is 9.78 Å². The fourth-order valence-electron chi connectivity index (χ4n) is 3.75. The Kier molecular flexibility index (Phi) is 5.10. The standard InChI is InChI=1S/C24H21N3O2S/c1-13(2)21-22(16-7-8-30-12-16)18-9-17(11-25)19(26)10-20(18)27-23(21)14-3-5-15(6-4-14)24(28)29/h3-13,25H,26H2,1-2H3,(H,28,29). The Morgan fingerprint density at radius 3 is 2.47 bits per heavy atom. The molecule has 0 bridgehead atoms. The summed E-state index contributed by atoms with van der Waals surface area (Å²) in [5, 5.41) is 22.0. The van der Waals surface area contributed by atoms with Gasteiger partial charge in [-0.15, -0.1) is 0 Å². The highest BCUT2D eigenvalue weighted by atomic mass is 32.1. The molecule has 4 rings (SSSR count). The summed E-state index contributed by atoms with van der Waals surface area (Å²) in [6, 6.07) is 12.6. The molecule has 30 heavy (non-hydrogen) atoms. The molecule has 0 saturated carbocycles. The van der Waals surface area contributed by atoms with Crippen LogP contribution in [-0.4, -0.2) is 22.3 Å². The molecule has 0 spiro atoms. The molecule has 0 unspecified atom stereocenters. The number of nitrogens with zero attached hydrogens (tertiary/aromatic N) is 1. The predicted molar refractivity (Wildman–Crippen MR) is 124 cm³/mol. The first-order chi connectivity index (χ1) is 14.4. The zero-order valence-electron chi connectivity index (χ0n) is 16.6. The largest absolute Gasteiger partial charge is 0.478 e. The number of hydrogen-bond donors (Lipinski definition) is 3. The van der Waals surface area contributed by atoms with Crippen molar-refractivity contribution in [2.24, 2.45) is 0 Å². The lowest BCUT2D eigenvalue weighted by Crippen LogP contribution is -2.03. The lowest BCUT2D eigenvalue weighted by molar-refractivity contribution is 0.0697. The Hall–Kier alpha value is -3.51. The van der Waals surface area contributed by atoms with E-state index in [2.05, 4.69) is 25.3 Å². The Morgan fingerprint density at radius 1 is 1.17 bits per heavy atom. The Bertz CT molecular complexity index is 1260. The highest BCUT2D eigenvalue weighted by Gasteiger charge is 2.21. The lowest BCUT2D eigenvalue weighted by atomic mass is 9.86. The molecule has 0 aliphatic carbocycles. The van der Waals surface area contributed by atoms with Crippen LogP contribution in [0.3, 0.4) is 0 Å². The van der Waals surface area contributed by atoms with Crippen LogP contribution in [0.15, 0.2) is 53.2 Å². The molecule has 0 fully saturated rings. The van der Waals surface area contributed by atoms with Gasteiger partial charge >= 0.3 is 5.97 Å². The number of hydrogen-bond acceptors (Lipinski definition) is 5. The third-order valence-corrected chi connectivity index (χ3v) is 5.86. The molecule has 2 aromatic carbocycles. The van der Waals surface area contributed by atoms with E-state index < -0.39 is 5.97 Å². The number of carbonyl (C=O) groups is 1. The van der Waals surface area contributed by atoms with Crippen molar-refractivity contribution in [2.75, 3.05) is 5.73 Å². The van der Waals surface area contributed by atoms with Gasteiger partial charge in [0.05, 0.1) is 16.8 Å². The molecule has 0 amide bonds. The van der Waals surface area contributed by atoms with Gasteiger partial charge in [-0.3, -0.25) is 0 Å². The molecule has 2 aromatic heterocycles. The second-order valence-electron chi connectivity index (χ2n) is 7.44. The third kappa shape index (κ3) is 3.35. The van der Waals surface area contributed by atoms with E-state index in [9.17, 15) is 9.90 Å². The highest BCUT2D eigenvalue weighted by Crippen LogP contribution is 2.42. The predicted octanol–water partition coefficient (Wildman–Crippen LogP) is 6.03. The van der Waals surface area contributed by atoms with E-state index in [1.165, 1.54) is 6.21 Å². The summed E-state index contributed by atoms with van der Waals surface area (Å²) in [4.78, 5) is 16.2. The topological polar surface area (TPSA) is 100 Å². The van der Waals surface area contributed by atoms with E-state index in [1.807, 2.05) is 17.5 Å². The average molecular weight is 416 g/mol. The van der Waals surface area contributed by atoms with E-state index in [0.29, 0.717) is 11.3 Å². The Labute approximate surface area is 178 Å². The number of rotatable bonds is 5. The zero-order valence-corrected chi connectivity index (χ0v) is 17.5. The Morgan fingerprint density at radius 2 is 1.90 bits per heavy atom. The summed E-state index contributed by atoms with van der Waals surface area (Å²) >= 11 is 1.63. The second-order valence-corrected chi connectivity index (χ2v) is 8.22. The number of aromatic nitrogens is 1. The molecular weight excluding hydrogens is 394 g/mol. The fourth-order valence-corrected chi connectivity index (χ4v) is 4.40. The van der Waals surface area contributed by atoms with Crippen molar-refractivity contribution in [2.45, 2.75) is 19.8 Å². The van der Waals surface area contributed by atoms with E-state index in [-0.39, 0.29) is 11.5 Å². The normalized spacial score (nSPS) is 11.2. The van der Waals surface area contributed by atoms with Gasteiger partial charge in [-0.1, -0.05) is 26.0 Å². The van der Waals surface area contributed by atoms with E-state index in [1.54, 1.807) is 35.6 Å². The van der Waals surface area contributed by atoms with Crippen molar-refractivity contribution in [3.05, 3.63) is 69.9 Å². The number of benzene rings is 2. The van der Waals surface area contributed by atoms with E-state index in [4.69, 9.17) is 16.1 Å². The van der Waals surface area contributed by atoms with Crippen molar-refractivity contribution >= 4 is 40.1 Å². The van der Waals surface area contributed by atoms with Gasteiger partial charge in [-0.2, -0.15) is 11.3 Å². The number of nitrogens with two attached hydrogens (primary N) is 1. The fraction of sp³-hybridized carbons (Fsp3) is 0.125. The molecule has 4 aromatic rings. The summed E-state index contributed by atoms with van der Waals surface area (Å²) in [5.41, 5.74) is 13.2. The van der Waals surface area contributed by atoms with E-state index >= 15 is 0 Å². The summed E-state index contributed by atoms with van der Waals surface area (Å²) < 4.78 is 0. The number of carboxylic acid groups (broad SMARTS) is 1. The smallest absolute Gasteiger partial charge is 0.335 e. The van der Waals surface area contributed by atoms with Crippen molar-refractivity contribution in [3.8, 4) is 22.4 Å². The number of nitrogens with one attached hydrogen (secondary N) is 1. The number of carboxylic acids is 1. The van der Waals surface area contributed by atoms with Crippen LogP contribution in [0.4, 0.5) is 5.69 Å². The first kappa shape index (κ1) is 19.8. The molecular formula is C24H21N3O2S. The summed E-state index contributed by atoms with van der Waals surface area (Å²) in [7, 11) is 0. The second kappa shape index (κ2) is 7.72. The van der Waals surface area contributed by atoms with Crippen LogP contribution in [0, 0.1) is 5.41 Å². The van der Waals surface area contributed by atoms with Crippen molar-refractivity contribution in [1.82, 2.24) is 4.98 Å². The van der Waals surface area contributed by atoms with Crippen molar-refractivity contribution in [1.29, 1.82) is 5.41 Å². The van der Waals surface area contributed by atoms with Gasteiger partial charge in [0.1, 0.15) is 0 Å². The van der Waals surface area contributed by atoms with Crippen LogP contribution in [0.5, 0.6) is 0 Å². The Balaban J connectivity index is 2.11. The van der Waals surface area contributed by atoms with Gasteiger partial charge in [0, 0.05) is 28.4 Å². The molecule has 0 atom stereocenters. The molecule has 0 saturated heterocycles. The van der Waals surface area contributed by atoms with Crippen LogP contribution in [0.2, 0.25) is 0 Å². The maximum atomic E-state index is 11.3. The highest BCUT2D eigenvalue weighted by molar-refractivity contribution is 7.08. The first-order valence-electron chi connectivity index (χ1n) is 9.54. The molecule has 0 aliphatic heterocycles. The quantitative estimate of drug-likeness (QED) is 0.273. The minimum absolute atomic E-state index is 0.173. The molecule has 0 radical (unpaired) electrons. The number of pyridine rings is 1. The third-order valence-electron chi connectivity index (χ3n) is 5.18. The molecule has 0 aliphatic rings. The number of nitrogen functional groups attached to an aromatic ring is 1. The average Bonchev–Trinajstić information content (AvgIpc) is 3.26. The van der Waals surface area contributed by atoms with Crippen molar-refractivity contribution in [3.63, 3.8) is 0 Å². The van der Waals surface area contributed by atoms with Crippen LogP contribution in [0.25, 0.3) is 33.3 Å². The number of thiophene rings is 1. The van der Waals surface area contributed by atoms with Gasteiger partial charge in [0.25, 0.3) is 0 Å². The zero-order chi connectivity index (χ0) is 21.4. The number of aromatic carboxylic acids is 1. The SMILES string of the molecule is CC(C)c1c(-c2ccc(C(=O)O)cc2)nc2cc(N)c(C=N)cc2c1-c1ccsc1. The van der Waals surface area contributed by atoms with Gasteiger partial charge in [0.2, 0.25) is 0 Å². The molecule has 2 heterocycles. The minimum Gasteiger partial charge on any atom is -0.478 e.